The lowest BCUT2D eigenvalue weighted by atomic mass is 10.1. The van der Waals surface area contributed by atoms with Gasteiger partial charge in [0.15, 0.2) is 0 Å². The van der Waals surface area contributed by atoms with E-state index in [1.54, 1.807) is 39.0 Å². The van der Waals surface area contributed by atoms with Crippen molar-refractivity contribution in [1.82, 2.24) is 10.2 Å². The van der Waals surface area contributed by atoms with E-state index in [0.29, 0.717) is 15.9 Å². The summed E-state index contributed by atoms with van der Waals surface area (Å²) in [7, 11) is -4.55. The number of benzene rings is 3. The molecule has 226 valence electrons. The molecule has 0 saturated carbocycles. The number of nitrogens with one attached hydrogen (secondary N) is 1. The van der Waals surface area contributed by atoms with E-state index in [2.05, 4.69) is 5.32 Å². The zero-order chi connectivity index (χ0) is 31.2. The zero-order valence-corrected chi connectivity index (χ0v) is 25.4. The van der Waals surface area contributed by atoms with E-state index in [9.17, 15) is 31.2 Å². The highest BCUT2D eigenvalue weighted by molar-refractivity contribution is 7.92. The molecule has 2 amide bonds. The van der Waals surface area contributed by atoms with Gasteiger partial charge in [0.1, 0.15) is 12.6 Å². The minimum absolute atomic E-state index is 0.147. The van der Waals surface area contributed by atoms with Crippen LogP contribution in [0.2, 0.25) is 10.0 Å². The van der Waals surface area contributed by atoms with Gasteiger partial charge in [0.25, 0.3) is 10.0 Å². The fraction of sp³-hybridized carbons (Fsp3) is 0.310. The van der Waals surface area contributed by atoms with Crippen LogP contribution in [-0.2, 0) is 32.3 Å². The SMILES string of the molecule is CCNC(=O)C(CC)N(Cc1c(Cl)cccc1Cl)C(=O)CN(c1cccc(C(F)(F)F)c1)S(=O)(=O)c1ccc(C)cc1. The Kier molecular flexibility index (Phi) is 10.9. The van der Waals surface area contributed by atoms with Crippen molar-refractivity contribution in [2.75, 3.05) is 17.4 Å². The maximum Gasteiger partial charge on any atom is 0.416 e. The number of halogens is 5. The second-order valence-electron chi connectivity index (χ2n) is 9.41. The number of likely N-dealkylation sites (N-methyl/N-ethyl adjacent to an activating group) is 1. The van der Waals surface area contributed by atoms with Gasteiger partial charge in [0.2, 0.25) is 11.8 Å². The Bertz CT molecular complexity index is 1510. The van der Waals surface area contributed by atoms with Crippen LogP contribution in [0.3, 0.4) is 0 Å². The van der Waals surface area contributed by atoms with Crippen molar-refractivity contribution in [3.63, 3.8) is 0 Å². The number of carbonyl (C=O) groups is 2. The summed E-state index contributed by atoms with van der Waals surface area (Å²) in [5, 5.41) is 3.09. The van der Waals surface area contributed by atoms with Crippen LogP contribution in [0.5, 0.6) is 0 Å². The van der Waals surface area contributed by atoms with Crippen molar-refractivity contribution in [2.24, 2.45) is 0 Å². The first kappa shape index (κ1) is 33.2. The summed E-state index contributed by atoms with van der Waals surface area (Å²) in [5.74, 6) is -1.35. The lowest BCUT2D eigenvalue weighted by molar-refractivity contribution is -0.140. The molecule has 1 atom stereocenters. The number of anilines is 1. The minimum Gasteiger partial charge on any atom is -0.355 e. The first-order valence-electron chi connectivity index (χ1n) is 13.0. The molecule has 13 heteroatoms. The molecule has 0 fully saturated rings. The van der Waals surface area contributed by atoms with E-state index in [0.717, 1.165) is 22.6 Å². The average molecular weight is 645 g/mol. The molecule has 42 heavy (non-hydrogen) atoms. The highest BCUT2D eigenvalue weighted by Gasteiger charge is 2.36. The van der Waals surface area contributed by atoms with Gasteiger partial charge >= 0.3 is 6.18 Å². The molecule has 3 aromatic rings. The lowest BCUT2D eigenvalue weighted by Crippen LogP contribution is -2.52. The van der Waals surface area contributed by atoms with Gasteiger partial charge in [-0.2, -0.15) is 13.2 Å². The summed E-state index contributed by atoms with van der Waals surface area (Å²) in [6, 6.07) is 13.0. The molecule has 1 unspecified atom stereocenters. The monoisotopic (exact) mass is 643 g/mol. The van der Waals surface area contributed by atoms with Crippen LogP contribution in [0.15, 0.2) is 71.6 Å². The second-order valence-corrected chi connectivity index (χ2v) is 12.1. The third-order valence-corrected chi connectivity index (χ3v) is 8.97. The number of carbonyl (C=O) groups excluding carboxylic acids is 2. The van der Waals surface area contributed by atoms with Crippen molar-refractivity contribution in [3.8, 4) is 0 Å². The lowest BCUT2D eigenvalue weighted by Gasteiger charge is -2.33. The van der Waals surface area contributed by atoms with Gasteiger partial charge in [-0.15, -0.1) is 0 Å². The van der Waals surface area contributed by atoms with Crippen LogP contribution < -0.4 is 9.62 Å². The van der Waals surface area contributed by atoms with Crippen LogP contribution in [0.4, 0.5) is 18.9 Å². The minimum atomic E-state index is -4.77. The van der Waals surface area contributed by atoms with E-state index < -0.39 is 46.2 Å². The molecule has 3 rings (SSSR count). The Morgan fingerprint density at radius 2 is 1.55 bits per heavy atom. The van der Waals surface area contributed by atoms with E-state index >= 15 is 0 Å². The van der Waals surface area contributed by atoms with Gasteiger partial charge in [-0.3, -0.25) is 13.9 Å². The average Bonchev–Trinajstić information content (AvgIpc) is 2.93. The van der Waals surface area contributed by atoms with Crippen molar-refractivity contribution in [1.29, 1.82) is 0 Å². The Morgan fingerprint density at radius 3 is 2.10 bits per heavy atom. The number of aryl methyl sites for hydroxylation is 1. The molecule has 7 nitrogen and oxygen atoms in total. The van der Waals surface area contributed by atoms with Gasteiger partial charge in [-0.25, -0.2) is 8.42 Å². The molecule has 0 bridgehead atoms. The molecule has 3 aromatic carbocycles. The van der Waals surface area contributed by atoms with Crippen molar-refractivity contribution in [2.45, 2.75) is 50.9 Å². The quantitative estimate of drug-likeness (QED) is 0.260. The maximum atomic E-state index is 14.0. The predicted molar refractivity (Wildman–Crippen MR) is 157 cm³/mol. The number of amides is 2. The maximum absolute atomic E-state index is 14.0. The number of hydrogen-bond acceptors (Lipinski definition) is 4. The number of rotatable bonds is 11. The van der Waals surface area contributed by atoms with Gasteiger partial charge in [-0.05, 0) is 62.7 Å². The first-order chi connectivity index (χ1) is 19.7. The third-order valence-electron chi connectivity index (χ3n) is 6.48. The van der Waals surface area contributed by atoms with Gasteiger partial charge < -0.3 is 10.2 Å². The Morgan fingerprint density at radius 1 is 0.952 bits per heavy atom. The van der Waals surface area contributed by atoms with Crippen LogP contribution in [-0.4, -0.2) is 44.3 Å². The highest BCUT2D eigenvalue weighted by atomic mass is 35.5. The van der Waals surface area contributed by atoms with E-state index in [1.807, 2.05) is 0 Å². The van der Waals surface area contributed by atoms with E-state index in [4.69, 9.17) is 23.2 Å². The molecule has 0 saturated heterocycles. The highest BCUT2D eigenvalue weighted by Crippen LogP contribution is 2.34. The zero-order valence-electron chi connectivity index (χ0n) is 23.1. The molecule has 0 aromatic heterocycles. The molecule has 0 heterocycles. The molecule has 0 aliphatic rings. The summed E-state index contributed by atoms with van der Waals surface area (Å²) in [6.07, 6.45) is -4.62. The summed E-state index contributed by atoms with van der Waals surface area (Å²) in [4.78, 5) is 27.9. The number of sulfonamides is 1. The second kappa shape index (κ2) is 13.8. The number of alkyl halides is 3. The summed E-state index contributed by atoms with van der Waals surface area (Å²) in [6.45, 7) is 4.22. The number of hydrogen-bond donors (Lipinski definition) is 1. The fourth-order valence-electron chi connectivity index (χ4n) is 4.27. The first-order valence-corrected chi connectivity index (χ1v) is 15.2. The molecule has 0 radical (unpaired) electrons. The summed E-state index contributed by atoms with van der Waals surface area (Å²) < 4.78 is 69.1. The molecule has 0 spiro atoms. The standard InChI is InChI=1S/C29H30Cl2F3N3O4S/c1-4-26(28(39)35-5-2)36(17-23-24(30)10-7-11-25(23)31)27(38)18-37(21-9-6-8-20(16-21)29(32,33)34)42(40,41)22-14-12-19(3)13-15-22/h6-16,26H,4-5,17-18H2,1-3H3,(H,35,39). The van der Waals surface area contributed by atoms with Gasteiger partial charge in [-0.1, -0.05) is 60.0 Å². The number of nitrogens with zero attached hydrogens (tertiary/aromatic N) is 2. The van der Waals surface area contributed by atoms with Crippen LogP contribution in [0, 0.1) is 6.92 Å². The Labute approximate surface area is 253 Å². The fourth-order valence-corrected chi connectivity index (χ4v) is 6.19. The van der Waals surface area contributed by atoms with Gasteiger partial charge in [0, 0.05) is 28.7 Å². The normalized spacial score (nSPS) is 12.5. The topological polar surface area (TPSA) is 86.8 Å². The molecular formula is C29H30Cl2F3N3O4S. The molecule has 0 aliphatic carbocycles. The predicted octanol–water partition coefficient (Wildman–Crippen LogP) is 6.46. The largest absolute Gasteiger partial charge is 0.416 e. The summed E-state index contributed by atoms with van der Waals surface area (Å²) >= 11 is 12.7. The van der Waals surface area contributed by atoms with Crippen LogP contribution >= 0.6 is 23.2 Å². The van der Waals surface area contributed by atoms with Crippen LogP contribution in [0.25, 0.3) is 0 Å². The molecular weight excluding hydrogens is 614 g/mol. The molecule has 1 N–H and O–H groups in total. The van der Waals surface area contributed by atoms with E-state index in [-0.39, 0.29) is 40.1 Å². The van der Waals surface area contributed by atoms with Gasteiger partial charge in [0.05, 0.1) is 16.1 Å². The third kappa shape index (κ3) is 7.76. The van der Waals surface area contributed by atoms with Crippen LogP contribution in [0.1, 0.15) is 37.0 Å². The molecule has 0 aliphatic heterocycles. The smallest absolute Gasteiger partial charge is 0.355 e. The van der Waals surface area contributed by atoms with E-state index in [1.165, 1.54) is 30.3 Å². The Hall–Kier alpha value is -3.28. The summed E-state index contributed by atoms with van der Waals surface area (Å²) in [5.41, 5.74) is -0.388. The Balaban J connectivity index is 2.16. The van der Waals surface area contributed by atoms with Crippen molar-refractivity contribution < 1.29 is 31.2 Å². The van der Waals surface area contributed by atoms with Crippen molar-refractivity contribution in [3.05, 3.63) is 93.5 Å². The van der Waals surface area contributed by atoms with Crippen molar-refractivity contribution >= 4 is 50.7 Å².